The van der Waals surface area contributed by atoms with Gasteiger partial charge in [0, 0.05) is 19.4 Å². The number of aromatic amines is 1. The lowest BCUT2D eigenvalue weighted by molar-refractivity contribution is 0.919. The summed E-state index contributed by atoms with van der Waals surface area (Å²) in [7, 11) is 1.90. The Hall–Kier alpha value is -2.44. The highest BCUT2D eigenvalue weighted by Gasteiger charge is 2.13. The van der Waals surface area contributed by atoms with Gasteiger partial charge in [-0.1, -0.05) is 0 Å². The zero-order chi connectivity index (χ0) is 11.1. The van der Waals surface area contributed by atoms with E-state index in [1.807, 2.05) is 17.8 Å². The molecule has 80 valence electrons. The Morgan fingerprint density at radius 3 is 3.00 bits per heavy atom. The minimum absolute atomic E-state index is 0.203. The Balaban J connectivity index is 2.38. The zero-order valence-electron chi connectivity index (χ0n) is 8.55. The maximum atomic E-state index is 5.63. The topological polar surface area (TPSA) is 98.3 Å². The number of rotatable bonds is 1. The lowest BCUT2D eigenvalue weighted by Crippen LogP contribution is -2.00. The van der Waals surface area contributed by atoms with E-state index in [9.17, 15) is 0 Å². The van der Waals surface area contributed by atoms with E-state index < -0.39 is 0 Å². The Morgan fingerprint density at radius 2 is 2.25 bits per heavy atom. The van der Waals surface area contributed by atoms with E-state index in [4.69, 9.17) is 5.73 Å². The maximum Gasteiger partial charge on any atom is 0.222 e. The van der Waals surface area contributed by atoms with Crippen LogP contribution in [0.5, 0.6) is 0 Å². The van der Waals surface area contributed by atoms with E-state index in [-0.39, 0.29) is 5.95 Å². The van der Waals surface area contributed by atoms with Gasteiger partial charge in [-0.3, -0.25) is 5.10 Å². The van der Waals surface area contributed by atoms with Crippen molar-refractivity contribution in [2.24, 2.45) is 7.05 Å². The molecule has 7 nitrogen and oxygen atoms in total. The minimum atomic E-state index is 0.203. The molecule has 0 saturated carbocycles. The van der Waals surface area contributed by atoms with Gasteiger partial charge in [-0.2, -0.15) is 10.1 Å². The van der Waals surface area contributed by atoms with Crippen molar-refractivity contribution in [3.63, 3.8) is 0 Å². The molecule has 3 aromatic rings. The van der Waals surface area contributed by atoms with Crippen molar-refractivity contribution in [2.45, 2.75) is 0 Å². The van der Waals surface area contributed by atoms with E-state index in [1.54, 1.807) is 12.4 Å². The van der Waals surface area contributed by atoms with Gasteiger partial charge in [0.2, 0.25) is 5.95 Å². The highest BCUT2D eigenvalue weighted by Crippen LogP contribution is 2.23. The molecule has 0 aliphatic heterocycles. The fourth-order valence-electron chi connectivity index (χ4n) is 1.62. The summed E-state index contributed by atoms with van der Waals surface area (Å²) < 4.78 is 1.87. The van der Waals surface area contributed by atoms with Crippen molar-refractivity contribution in [1.82, 2.24) is 29.7 Å². The molecule has 16 heavy (non-hydrogen) atoms. The molecule has 0 aliphatic rings. The normalized spacial score (nSPS) is 11.1. The molecule has 7 heteroatoms. The Labute approximate surface area is 90.4 Å². The molecule has 3 N–H and O–H groups in total. The number of H-pyrrole nitrogens is 1. The van der Waals surface area contributed by atoms with E-state index in [0.29, 0.717) is 11.3 Å². The molecule has 0 atom stereocenters. The average Bonchev–Trinajstić information content (AvgIpc) is 2.84. The SMILES string of the molecule is Cn1ccnc1-c1nc(N)nc2[nH]ncc12. The second kappa shape index (κ2) is 3.02. The predicted octanol–water partition coefficient (Wildman–Crippen LogP) is 0.336. The largest absolute Gasteiger partial charge is 0.368 e. The molecule has 3 rings (SSSR count). The summed E-state index contributed by atoms with van der Waals surface area (Å²) in [6.07, 6.45) is 5.22. The molecule has 0 unspecified atom stereocenters. The van der Waals surface area contributed by atoms with Crippen LogP contribution in [0.25, 0.3) is 22.6 Å². The summed E-state index contributed by atoms with van der Waals surface area (Å²) in [6, 6.07) is 0. The number of hydrogen-bond donors (Lipinski definition) is 2. The van der Waals surface area contributed by atoms with Crippen LogP contribution in [0.15, 0.2) is 18.6 Å². The number of imidazole rings is 1. The van der Waals surface area contributed by atoms with E-state index in [0.717, 1.165) is 11.2 Å². The van der Waals surface area contributed by atoms with E-state index in [2.05, 4.69) is 25.1 Å². The van der Waals surface area contributed by atoms with Crippen molar-refractivity contribution >= 4 is 17.0 Å². The fourth-order valence-corrected chi connectivity index (χ4v) is 1.62. The van der Waals surface area contributed by atoms with Crippen molar-refractivity contribution < 1.29 is 0 Å². The van der Waals surface area contributed by atoms with Gasteiger partial charge in [0.05, 0.1) is 11.6 Å². The number of aromatic nitrogens is 6. The first-order valence-corrected chi connectivity index (χ1v) is 4.70. The van der Waals surface area contributed by atoms with Crippen LogP contribution in [0, 0.1) is 0 Å². The van der Waals surface area contributed by atoms with E-state index >= 15 is 0 Å². The van der Waals surface area contributed by atoms with Gasteiger partial charge >= 0.3 is 0 Å². The molecule has 0 saturated heterocycles. The molecule has 0 bridgehead atoms. The molecule has 0 spiro atoms. The lowest BCUT2D eigenvalue weighted by Gasteiger charge is -2.02. The molecule has 0 amide bonds. The molecule has 0 aliphatic carbocycles. The number of anilines is 1. The molecular weight excluding hydrogens is 206 g/mol. The van der Waals surface area contributed by atoms with Gasteiger partial charge in [0.25, 0.3) is 0 Å². The first-order chi connectivity index (χ1) is 7.75. The third-order valence-corrected chi connectivity index (χ3v) is 2.36. The zero-order valence-corrected chi connectivity index (χ0v) is 8.55. The van der Waals surface area contributed by atoms with Gasteiger partial charge in [-0.05, 0) is 0 Å². The van der Waals surface area contributed by atoms with Crippen molar-refractivity contribution in [2.75, 3.05) is 5.73 Å². The van der Waals surface area contributed by atoms with Crippen LogP contribution in [0.3, 0.4) is 0 Å². The third-order valence-electron chi connectivity index (χ3n) is 2.36. The molecule has 3 heterocycles. The first-order valence-electron chi connectivity index (χ1n) is 4.70. The summed E-state index contributed by atoms with van der Waals surface area (Å²) in [4.78, 5) is 12.5. The fraction of sp³-hybridized carbons (Fsp3) is 0.111. The molecular formula is C9H9N7. The van der Waals surface area contributed by atoms with Crippen LogP contribution in [-0.2, 0) is 7.05 Å². The monoisotopic (exact) mass is 215 g/mol. The molecule has 3 aromatic heterocycles. The summed E-state index contributed by atoms with van der Waals surface area (Å²) >= 11 is 0. The third kappa shape index (κ3) is 1.14. The van der Waals surface area contributed by atoms with Crippen molar-refractivity contribution in [3.8, 4) is 11.5 Å². The lowest BCUT2D eigenvalue weighted by atomic mass is 10.3. The summed E-state index contributed by atoms with van der Waals surface area (Å²) in [5.41, 5.74) is 6.93. The van der Waals surface area contributed by atoms with Crippen LogP contribution in [0.4, 0.5) is 5.95 Å². The number of nitrogen functional groups attached to an aromatic ring is 1. The van der Waals surface area contributed by atoms with Gasteiger partial charge in [0.15, 0.2) is 11.5 Å². The highest BCUT2D eigenvalue weighted by molar-refractivity contribution is 5.88. The van der Waals surface area contributed by atoms with Crippen molar-refractivity contribution in [1.29, 1.82) is 0 Å². The minimum Gasteiger partial charge on any atom is -0.368 e. The Morgan fingerprint density at radius 1 is 1.38 bits per heavy atom. The van der Waals surface area contributed by atoms with Crippen molar-refractivity contribution in [3.05, 3.63) is 18.6 Å². The van der Waals surface area contributed by atoms with Gasteiger partial charge < -0.3 is 10.3 Å². The number of nitrogens with one attached hydrogen (secondary N) is 1. The average molecular weight is 215 g/mol. The van der Waals surface area contributed by atoms with Gasteiger partial charge in [0.1, 0.15) is 5.69 Å². The highest BCUT2D eigenvalue weighted by atomic mass is 15.2. The first kappa shape index (κ1) is 8.84. The van der Waals surface area contributed by atoms with Crippen LogP contribution < -0.4 is 5.73 Å². The second-order valence-electron chi connectivity index (χ2n) is 3.42. The van der Waals surface area contributed by atoms with E-state index in [1.165, 1.54) is 0 Å². The Bertz CT molecular complexity index is 651. The van der Waals surface area contributed by atoms with Crippen LogP contribution in [0.2, 0.25) is 0 Å². The quantitative estimate of drug-likeness (QED) is 0.609. The number of hydrogen-bond acceptors (Lipinski definition) is 5. The predicted molar refractivity (Wildman–Crippen MR) is 58.3 cm³/mol. The summed E-state index contributed by atoms with van der Waals surface area (Å²) in [6.45, 7) is 0. The van der Waals surface area contributed by atoms with Gasteiger partial charge in [-0.15, -0.1) is 0 Å². The number of aryl methyl sites for hydroxylation is 1. The smallest absolute Gasteiger partial charge is 0.222 e. The molecule has 0 aromatic carbocycles. The summed E-state index contributed by atoms with van der Waals surface area (Å²) in [5, 5.41) is 7.50. The number of nitrogens with zero attached hydrogens (tertiary/aromatic N) is 5. The standard InChI is InChI=1S/C9H9N7/c1-16-3-2-11-8(16)6-5-4-12-15-7(5)14-9(10)13-6/h2-4H,1H3,(H3,10,12,13,14,15). The molecule has 0 fully saturated rings. The van der Waals surface area contributed by atoms with Gasteiger partial charge in [-0.25, -0.2) is 9.97 Å². The molecule has 0 radical (unpaired) electrons. The number of nitrogens with two attached hydrogens (primary N) is 1. The van der Waals surface area contributed by atoms with Crippen LogP contribution in [0.1, 0.15) is 0 Å². The number of fused-ring (bicyclic) bond motifs is 1. The maximum absolute atomic E-state index is 5.63. The summed E-state index contributed by atoms with van der Waals surface area (Å²) in [5.74, 6) is 0.940. The van der Waals surface area contributed by atoms with Crippen LogP contribution >= 0.6 is 0 Å². The van der Waals surface area contributed by atoms with Crippen LogP contribution in [-0.4, -0.2) is 29.7 Å². The Kier molecular flexibility index (Phi) is 1.67. The second-order valence-corrected chi connectivity index (χ2v) is 3.42.